The summed E-state index contributed by atoms with van der Waals surface area (Å²) in [5, 5.41) is 9.42. The first-order chi connectivity index (χ1) is 9.17. The number of anilines is 1. The second-order valence-electron chi connectivity index (χ2n) is 5.43. The predicted octanol–water partition coefficient (Wildman–Crippen LogP) is 2.28. The van der Waals surface area contributed by atoms with E-state index in [-0.39, 0.29) is 0 Å². The molecule has 1 aromatic heterocycles. The first-order valence-corrected chi connectivity index (χ1v) is 7.10. The average Bonchev–Trinajstić information content (AvgIpc) is 2.62. The van der Waals surface area contributed by atoms with Gasteiger partial charge in [0, 0.05) is 25.2 Å². The summed E-state index contributed by atoms with van der Waals surface area (Å²) in [4.78, 5) is 9.14. The summed E-state index contributed by atoms with van der Waals surface area (Å²) in [7, 11) is 2.22. The minimum atomic E-state index is 0.400. The van der Waals surface area contributed by atoms with Crippen molar-refractivity contribution in [3.8, 4) is 6.07 Å². The minimum absolute atomic E-state index is 0.400. The first kappa shape index (κ1) is 12.7. The van der Waals surface area contributed by atoms with Crippen LogP contribution in [0.2, 0.25) is 5.15 Å². The van der Waals surface area contributed by atoms with Crippen LogP contribution in [0.4, 0.5) is 5.82 Å². The molecule has 0 aromatic carbocycles. The molecule has 2 saturated heterocycles. The fourth-order valence-electron chi connectivity index (χ4n) is 3.23. The molecule has 0 spiro atoms. The maximum absolute atomic E-state index is 9.02. The zero-order valence-electron chi connectivity index (χ0n) is 11.0. The molecule has 0 N–H and O–H groups in total. The van der Waals surface area contributed by atoms with Crippen LogP contribution in [0.25, 0.3) is 0 Å². The Morgan fingerprint density at radius 2 is 2.11 bits per heavy atom. The smallest absolute Gasteiger partial charge is 0.132 e. The molecule has 2 fully saturated rings. The third-order valence-corrected chi connectivity index (χ3v) is 4.58. The standard InChI is InChI=1S/C14H17ClN4/c1-18-11-2-3-12(18)9-19(5-4-11)14-7-10(8-16)6-13(15)17-14/h6-7,11-12H,2-5,9H2,1H3. The Hall–Kier alpha value is -1.31. The summed E-state index contributed by atoms with van der Waals surface area (Å²) in [5.74, 6) is 0.838. The van der Waals surface area contributed by atoms with Crippen molar-refractivity contribution in [3.63, 3.8) is 0 Å². The van der Waals surface area contributed by atoms with Crippen molar-refractivity contribution in [3.05, 3.63) is 22.8 Å². The maximum atomic E-state index is 9.02. The number of halogens is 1. The lowest BCUT2D eigenvalue weighted by Gasteiger charge is -2.26. The molecule has 0 amide bonds. The van der Waals surface area contributed by atoms with Crippen molar-refractivity contribution in [2.45, 2.75) is 31.3 Å². The highest BCUT2D eigenvalue weighted by molar-refractivity contribution is 6.29. The fourth-order valence-corrected chi connectivity index (χ4v) is 3.43. The lowest BCUT2D eigenvalue weighted by Crippen LogP contribution is -2.37. The second kappa shape index (κ2) is 4.99. The van der Waals surface area contributed by atoms with Crippen LogP contribution in [0.15, 0.2) is 12.1 Å². The molecule has 2 aliphatic heterocycles. The van der Waals surface area contributed by atoms with Gasteiger partial charge >= 0.3 is 0 Å². The second-order valence-corrected chi connectivity index (χ2v) is 5.82. The molecule has 0 saturated carbocycles. The van der Waals surface area contributed by atoms with Crippen molar-refractivity contribution in [2.24, 2.45) is 0 Å². The van der Waals surface area contributed by atoms with Gasteiger partial charge in [0.1, 0.15) is 11.0 Å². The molecular weight excluding hydrogens is 260 g/mol. The van der Waals surface area contributed by atoms with E-state index in [0.717, 1.165) is 25.3 Å². The fraction of sp³-hybridized carbons (Fsp3) is 0.571. The van der Waals surface area contributed by atoms with Crippen molar-refractivity contribution >= 4 is 17.4 Å². The van der Waals surface area contributed by atoms with Gasteiger partial charge in [-0.05, 0) is 38.4 Å². The van der Waals surface area contributed by atoms with Crippen molar-refractivity contribution in [1.29, 1.82) is 5.26 Å². The van der Waals surface area contributed by atoms with Crippen molar-refractivity contribution < 1.29 is 0 Å². The van der Waals surface area contributed by atoms with Crippen LogP contribution >= 0.6 is 11.6 Å². The van der Waals surface area contributed by atoms with Gasteiger partial charge in [-0.15, -0.1) is 0 Å². The molecule has 1 aromatic rings. The molecule has 3 heterocycles. The summed E-state index contributed by atoms with van der Waals surface area (Å²) in [5.41, 5.74) is 0.581. The molecule has 5 heteroatoms. The minimum Gasteiger partial charge on any atom is -0.355 e. The monoisotopic (exact) mass is 276 g/mol. The Balaban J connectivity index is 1.87. The predicted molar refractivity (Wildman–Crippen MR) is 75.4 cm³/mol. The topological polar surface area (TPSA) is 43.2 Å². The highest BCUT2D eigenvalue weighted by atomic mass is 35.5. The summed E-state index contributed by atoms with van der Waals surface area (Å²) in [6.07, 6.45) is 3.72. The molecule has 19 heavy (non-hydrogen) atoms. The number of hydrogen-bond acceptors (Lipinski definition) is 4. The van der Waals surface area contributed by atoms with Gasteiger partial charge in [-0.3, -0.25) is 4.90 Å². The summed E-state index contributed by atoms with van der Waals surface area (Å²) in [6.45, 7) is 1.97. The number of likely N-dealkylation sites (N-methyl/N-ethyl adjacent to an activating group) is 1. The highest BCUT2D eigenvalue weighted by Crippen LogP contribution is 2.30. The van der Waals surface area contributed by atoms with Gasteiger partial charge in [0.25, 0.3) is 0 Å². The number of nitrogens with zero attached hydrogens (tertiary/aromatic N) is 4. The molecule has 100 valence electrons. The summed E-state index contributed by atoms with van der Waals surface area (Å²) < 4.78 is 0. The Labute approximate surface area is 118 Å². The van der Waals surface area contributed by atoms with E-state index in [1.165, 1.54) is 12.8 Å². The quantitative estimate of drug-likeness (QED) is 0.738. The van der Waals surface area contributed by atoms with Gasteiger partial charge in [0.05, 0.1) is 11.6 Å². The van der Waals surface area contributed by atoms with Crippen LogP contribution in [0, 0.1) is 11.3 Å². The number of rotatable bonds is 1. The molecule has 2 atom stereocenters. The van der Waals surface area contributed by atoms with E-state index in [1.54, 1.807) is 6.07 Å². The number of aromatic nitrogens is 1. The van der Waals surface area contributed by atoms with E-state index in [2.05, 4.69) is 27.9 Å². The van der Waals surface area contributed by atoms with Gasteiger partial charge in [0.15, 0.2) is 0 Å². The van der Waals surface area contributed by atoms with E-state index in [9.17, 15) is 0 Å². The van der Waals surface area contributed by atoms with E-state index in [1.807, 2.05) is 6.07 Å². The Kier molecular flexibility index (Phi) is 3.34. The number of nitriles is 1. The van der Waals surface area contributed by atoms with Gasteiger partial charge in [-0.2, -0.15) is 5.26 Å². The molecule has 0 radical (unpaired) electrons. The number of hydrogen-bond donors (Lipinski definition) is 0. The van der Waals surface area contributed by atoms with Crippen LogP contribution in [0.1, 0.15) is 24.8 Å². The van der Waals surface area contributed by atoms with E-state index in [4.69, 9.17) is 16.9 Å². The Bertz CT molecular complexity index is 525. The number of pyridine rings is 1. The van der Waals surface area contributed by atoms with Gasteiger partial charge < -0.3 is 4.90 Å². The van der Waals surface area contributed by atoms with Gasteiger partial charge in [-0.1, -0.05) is 11.6 Å². The van der Waals surface area contributed by atoms with E-state index in [0.29, 0.717) is 22.8 Å². The Morgan fingerprint density at radius 1 is 1.32 bits per heavy atom. The van der Waals surface area contributed by atoms with Crippen LogP contribution in [-0.2, 0) is 0 Å². The maximum Gasteiger partial charge on any atom is 0.132 e. The molecule has 0 aliphatic carbocycles. The van der Waals surface area contributed by atoms with E-state index >= 15 is 0 Å². The summed E-state index contributed by atoms with van der Waals surface area (Å²) >= 11 is 6.00. The lowest BCUT2D eigenvalue weighted by molar-refractivity contribution is 0.254. The molecular formula is C14H17ClN4. The third kappa shape index (κ3) is 2.41. The number of fused-ring (bicyclic) bond motifs is 2. The zero-order chi connectivity index (χ0) is 13.4. The van der Waals surface area contributed by atoms with Gasteiger partial charge in [0.2, 0.25) is 0 Å². The van der Waals surface area contributed by atoms with Crippen LogP contribution in [-0.4, -0.2) is 42.1 Å². The molecule has 4 nitrogen and oxygen atoms in total. The molecule has 2 aliphatic rings. The van der Waals surface area contributed by atoms with Crippen molar-refractivity contribution in [2.75, 3.05) is 25.0 Å². The molecule has 2 bridgehead atoms. The SMILES string of the molecule is CN1C2CCC1CN(c1cc(C#N)cc(Cl)n1)CC2. The van der Waals surface area contributed by atoms with Crippen molar-refractivity contribution in [1.82, 2.24) is 9.88 Å². The normalized spacial score (nSPS) is 27.1. The highest BCUT2D eigenvalue weighted by Gasteiger charge is 2.35. The van der Waals surface area contributed by atoms with Crippen LogP contribution < -0.4 is 4.90 Å². The zero-order valence-corrected chi connectivity index (χ0v) is 11.8. The summed E-state index contributed by atoms with van der Waals surface area (Å²) in [6, 6.07) is 6.89. The third-order valence-electron chi connectivity index (χ3n) is 4.38. The molecule has 2 unspecified atom stereocenters. The van der Waals surface area contributed by atoms with Crippen LogP contribution in [0.3, 0.4) is 0 Å². The van der Waals surface area contributed by atoms with E-state index < -0.39 is 0 Å². The van der Waals surface area contributed by atoms with Gasteiger partial charge in [-0.25, -0.2) is 4.98 Å². The molecule has 3 rings (SSSR count). The Morgan fingerprint density at radius 3 is 2.89 bits per heavy atom. The average molecular weight is 277 g/mol. The largest absolute Gasteiger partial charge is 0.355 e. The first-order valence-electron chi connectivity index (χ1n) is 6.72. The lowest BCUT2D eigenvalue weighted by atomic mass is 10.1. The van der Waals surface area contributed by atoms with Crippen LogP contribution in [0.5, 0.6) is 0 Å².